The molecule has 0 nitrogen and oxygen atoms in total. The van der Waals surface area contributed by atoms with Gasteiger partial charge >= 0.3 is 86.4 Å². The van der Waals surface area contributed by atoms with Crippen LogP contribution >= 0.6 is 18.7 Å². The molecule has 0 rings (SSSR count). The van der Waals surface area contributed by atoms with E-state index in [1.54, 1.807) is 13.4 Å². The van der Waals surface area contributed by atoms with E-state index < -0.39 is 14.2 Å². The van der Waals surface area contributed by atoms with Crippen molar-refractivity contribution in [2.75, 3.05) is 0 Å². The molecular weight excluding hydrogens is 363 g/mol. The number of hydrogen-bond donors (Lipinski definition) is 0. The van der Waals surface area contributed by atoms with E-state index in [-0.39, 0.29) is 0 Å². The quantitative estimate of drug-likeness (QED) is 0.464. The Morgan fingerprint density at radius 3 is 1.27 bits per heavy atom. The van der Waals surface area contributed by atoms with E-state index in [1.165, 1.54) is 19.3 Å². The molecule has 0 radical (unpaired) electrons. The molecule has 0 aromatic carbocycles. The van der Waals surface area contributed by atoms with Gasteiger partial charge in [0.25, 0.3) is 0 Å². The Morgan fingerprint density at radius 1 is 0.818 bits per heavy atom. The third-order valence-electron chi connectivity index (χ3n) is 1.71. The Balaban J connectivity index is 3.79. The predicted molar refractivity (Wildman–Crippen MR) is 65.1 cm³/mol. The van der Waals surface area contributed by atoms with Crippen LogP contribution in [-0.4, -0.2) is 14.2 Å². The molecular formula is C9H21ITe. The molecule has 70 valence electrons. The third-order valence-corrected chi connectivity index (χ3v) is 20.3. The second kappa shape index (κ2) is 6.97. The van der Waals surface area contributed by atoms with Crippen molar-refractivity contribution in [2.45, 2.75) is 53.4 Å². The van der Waals surface area contributed by atoms with Gasteiger partial charge in [0.15, 0.2) is 0 Å². The van der Waals surface area contributed by atoms with Crippen molar-refractivity contribution < 1.29 is 0 Å². The van der Waals surface area contributed by atoms with Crippen molar-refractivity contribution >= 4 is 32.9 Å². The first-order valence-electron chi connectivity index (χ1n) is 4.64. The van der Waals surface area contributed by atoms with Gasteiger partial charge in [-0.25, -0.2) is 0 Å². The Bertz CT molecular complexity index is 76.5. The van der Waals surface area contributed by atoms with Crippen LogP contribution in [0.2, 0.25) is 13.4 Å². The van der Waals surface area contributed by atoms with Crippen LogP contribution in [0, 0.1) is 0 Å². The maximum absolute atomic E-state index is 2.86. The van der Waals surface area contributed by atoms with E-state index in [2.05, 4.69) is 39.5 Å². The summed E-state index contributed by atoms with van der Waals surface area (Å²) in [7, 11) is 0. The first-order chi connectivity index (χ1) is 5.18. The molecule has 0 fully saturated rings. The number of hydrogen-bond acceptors (Lipinski definition) is 0. The molecule has 2 heteroatoms. The Hall–Kier alpha value is 1.52. The molecule has 0 saturated carbocycles. The minimum atomic E-state index is -1.29. The fourth-order valence-corrected chi connectivity index (χ4v) is 18.3. The summed E-state index contributed by atoms with van der Waals surface area (Å²) in [5, 5.41) is 0. The van der Waals surface area contributed by atoms with Crippen molar-refractivity contribution in [3.8, 4) is 0 Å². The Labute approximate surface area is 85.6 Å². The first-order valence-corrected chi connectivity index (χ1v) is 16.4. The van der Waals surface area contributed by atoms with Gasteiger partial charge in [-0.2, -0.15) is 0 Å². The Morgan fingerprint density at radius 2 is 1.09 bits per heavy atom. The van der Waals surface area contributed by atoms with E-state index in [0.29, 0.717) is 0 Å². The molecule has 0 spiro atoms. The second-order valence-electron chi connectivity index (χ2n) is 3.05. The third kappa shape index (κ3) is 5.71. The van der Waals surface area contributed by atoms with Gasteiger partial charge in [-0.3, -0.25) is 0 Å². The summed E-state index contributed by atoms with van der Waals surface area (Å²) in [6.45, 7) is 7.01. The zero-order valence-corrected chi connectivity index (χ0v) is 12.5. The van der Waals surface area contributed by atoms with Gasteiger partial charge < -0.3 is 0 Å². The van der Waals surface area contributed by atoms with E-state index in [9.17, 15) is 0 Å². The van der Waals surface area contributed by atoms with Gasteiger partial charge in [-0.15, -0.1) is 0 Å². The van der Waals surface area contributed by atoms with Crippen LogP contribution in [0.1, 0.15) is 40.0 Å². The van der Waals surface area contributed by atoms with Gasteiger partial charge in [0.1, 0.15) is 0 Å². The normalized spacial score (nSPS) is 13.5. The minimum absolute atomic E-state index is 1.29. The molecule has 0 bridgehead atoms. The van der Waals surface area contributed by atoms with Crippen LogP contribution < -0.4 is 0 Å². The average Bonchev–Trinajstić information content (AvgIpc) is 1.88. The van der Waals surface area contributed by atoms with Gasteiger partial charge in [0.05, 0.1) is 0 Å². The fourth-order valence-electron chi connectivity index (χ4n) is 1.40. The van der Waals surface area contributed by atoms with Crippen molar-refractivity contribution in [3.05, 3.63) is 0 Å². The van der Waals surface area contributed by atoms with Gasteiger partial charge in [0, 0.05) is 0 Å². The standard InChI is InChI=1S/C9H21ITe/c1-4-7-11(10,8-5-2)9-6-3/h4-9H2,1-3H3. The maximum atomic E-state index is 2.86. The molecule has 0 aliphatic rings. The van der Waals surface area contributed by atoms with Crippen LogP contribution in [0.15, 0.2) is 0 Å². The summed E-state index contributed by atoms with van der Waals surface area (Å²) in [6, 6.07) is 0. The van der Waals surface area contributed by atoms with Crippen molar-refractivity contribution in [1.82, 2.24) is 0 Å². The van der Waals surface area contributed by atoms with Gasteiger partial charge in [0.2, 0.25) is 0 Å². The SMILES string of the molecule is CCC[Te](I)(CCC)CCC. The zero-order chi connectivity index (χ0) is 8.74. The molecule has 0 amide bonds. The Kier molecular flexibility index (Phi) is 7.94. The average molecular weight is 384 g/mol. The van der Waals surface area contributed by atoms with Crippen molar-refractivity contribution in [3.63, 3.8) is 0 Å². The molecule has 0 aromatic heterocycles. The molecule has 0 aliphatic carbocycles. The van der Waals surface area contributed by atoms with Crippen LogP contribution in [0.5, 0.6) is 0 Å². The fraction of sp³-hybridized carbons (Fsp3) is 1.00. The monoisotopic (exact) mass is 386 g/mol. The van der Waals surface area contributed by atoms with Crippen molar-refractivity contribution in [1.29, 1.82) is 0 Å². The summed E-state index contributed by atoms with van der Waals surface area (Å²) < 4.78 is 4.76. The molecule has 0 unspecified atom stereocenters. The molecule has 0 aliphatic heterocycles. The summed E-state index contributed by atoms with van der Waals surface area (Å²) in [4.78, 5) is 0. The van der Waals surface area contributed by atoms with Crippen LogP contribution in [-0.2, 0) is 0 Å². The van der Waals surface area contributed by atoms with Crippen LogP contribution in [0.25, 0.3) is 0 Å². The van der Waals surface area contributed by atoms with Crippen LogP contribution in [0.4, 0.5) is 0 Å². The molecule has 0 N–H and O–H groups in total. The van der Waals surface area contributed by atoms with Gasteiger partial charge in [-0.05, 0) is 0 Å². The number of rotatable bonds is 6. The first kappa shape index (κ1) is 12.5. The summed E-state index contributed by atoms with van der Waals surface area (Å²) in [5.74, 6) is 0. The second-order valence-corrected chi connectivity index (χ2v) is 24.4. The van der Waals surface area contributed by atoms with Crippen LogP contribution in [0.3, 0.4) is 0 Å². The number of halogens is 1. The summed E-state index contributed by atoms with van der Waals surface area (Å²) in [5.41, 5.74) is 0. The predicted octanol–water partition coefficient (Wildman–Crippen LogP) is 4.60. The van der Waals surface area contributed by atoms with E-state index >= 15 is 0 Å². The molecule has 0 heterocycles. The molecule has 0 aromatic rings. The van der Waals surface area contributed by atoms with Gasteiger partial charge in [-0.1, -0.05) is 0 Å². The summed E-state index contributed by atoms with van der Waals surface area (Å²) >= 11 is 1.57. The molecule has 11 heavy (non-hydrogen) atoms. The van der Waals surface area contributed by atoms with E-state index in [4.69, 9.17) is 0 Å². The van der Waals surface area contributed by atoms with E-state index in [1.807, 2.05) is 0 Å². The summed E-state index contributed by atoms with van der Waals surface area (Å²) in [6.07, 6.45) is 4.26. The van der Waals surface area contributed by atoms with E-state index in [0.717, 1.165) is 0 Å². The topological polar surface area (TPSA) is 0 Å². The molecule has 0 atom stereocenters. The molecule has 0 saturated heterocycles. The zero-order valence-electron chi connectivity index (χ0n) is 8.03. The van der Waals surface area contributed by atoms with Crippen molar-refractivity contribution in [2.24, 2.45) is 0 Å².